The van der Waals surface area contributed by atoms with Crippen molar-refractivity contribution in [2.45, 2.75) is 51.6 Å². The normalized spacial score (nSPS) is 17.1. The van der Waals surface area contributed by atoms with Gasteiger partial charge in [-0.15, -0.1) is 0 Å². The van der Waals surface area contributed by atoms with Gasteiger partial charge in [-0.05, 0) is 19.8 Å². The summed E-state index contributed by atoms with van der Waals surface area (Å²) in [6.07, 6.45) is -4.77. The Morgan fingerprint density at radius 2 is 1.93 bits per heavy atom. The van der Waals surface area contributed by atoms with Crippen molar-refractivity contribution in [3.63, 3.8) is 0 Å². The summed E-state index contributed by atoms with van der Waals surface area (Å²) in [5, 5.41) is 0.0427. The van der Waals surface area contributed by atoms with E-state index in [9.17, 15) is 18.0 Å². The van der Waals surface area contributed by atoms with Crippen molar-refractivity contribution < 1.29 is 18.0 Å². The van der Waals surface area contributed by atoms with Gasteiger partial charge in [0.1, 0.15) is 12.3 Å². The van der Waals surface area contributed by atoms with Crippen molar-refractivity contribution in [3.8, 4) is 0 Å². The quantitative estimate of drug-likeness (QED) is 0.636. The number of rotatable bonds is 7. The van der Waals surface area contributed by atoms with Crippen LogP contribution in [0.15, 0.2) is 0 Å². The summed E-state index contributed by atoms with van der Waals surface area (Å²) in [6, 6.07) is 0. The van der Waals surface area contributed by atoms with Gasteiger partial charge in [-0.25, -0.2) is 13.2 Å². The lowest BCUT2D eigenvalue weighted by atomic mass is 10.1. The molecule has 0 aliphatic carbocycles. The predicted octanol–water partition coefficient (Wildman–Crippen LogP) is 3.47. The zero-order valence-corrected chi connectivity index (χ0v) is 9.83. The van der Waals surface area contributed by atoms with Gasteiger partial charge in [0.05, 0.1) is 0 Å². The van der Waals surface area contributed by atoms with Gasteiger partial charge < -0.3 is 0 Å². The average Bonchev–Trinajstić information content (AvgIpc) is 2.22. The molecule has 0 rings (SSSR count). The van der Waals surface area contributed by atoms with Gasteiger partial charge in [0.15, 0.2) is 11.3 Å². The van der Waals surface area contributed by atoms with Crippen LogP contribution in [0.25, 0.3) is 0 Å². The van der Waals surface area contributed by atoms with Crippen LogP contribution in [0.5, 0.6) is 0 Å². The van der Waals surface area contributed by atoms with E-state index in [1.165, 1.54) is 0 Å². The van der Waals surface area contributed by atoms with E-state index < -0.39 is 18.5 Å². The molecule has 0 aromatic rings. The minimum absolute atomic E-state index is 0.0284. The topological polar surface area (TPSA) is 17.1 Å². The van der Waals surface area contributed by atoms with Crippen LogP contribution in [-0.4, -0.2) is 29.4 Å². The van der Waals surface area contributed by atoms with E-state index in [0.29, 0.717) is 18.6 Å². The molecule has 1 nitrogen and oxygen atoms in total. The largest absolute Gasteiger partial charge is 0.287 e. The van der Waals surface area contributed by atoms with Crippen LogP contribution in [0, 0.1) is 0 Å². The van der Waals surface area contributed by atoms with E-state index in [2.05, 4.69) is 0 Å². The molecule has 15 heavy (non-hydrogen) atoms. The number of alkyl halides is 3. The summed E-state index contributed by atoms with van der Waals surface area (Å²) in [6.45, 7) is 2.75. The van der Waals surface area contributed by atoms with E-state index in [4.69, 9.17) is 0 Å². The van der Waals surface area contributed by atoms with Gasteiger partial charge in [-0.2, -0.15) is 0 Å². The minimum Gasteiger partial charge on any atom is -0.287 e. The molecule has 0 fully saturated rings. The second-order valence-corrected chi connectivity index (χ2v) is 4.51. The second-order valence-electron chi connectivity index (χ2n) is 3.35. The van der Waals surface area contributed by atoms with E-state index in [1.54, 1.807) is 6.92 Å². The molecule has 0 heterocycles. The summed E-state index contributed by atoms with van der Waals surface area (Å²) in [5.41, 5.74) is 0. The lowest BCUT2D eigenvalue weighted by Gasteiger charge is -2.13. The zero-order valence-electron chi connectivity index (χ0n) is 9.01. The Morgan fingerprint density at radius 3 is 2.40 bits per heavy atom. The lowest BCUT2D eigenvalue weighted by Crippen LogP contribution is -2.25. The van der Waals surface area contributed by atoms with Crippen LogP contribution in [0.2, 0.25) is 0 Å². The number of carbonyl (C=O) groups excluding carboxylic acids is 1. The van der Waals surface area contributed by atoms with Gasteiger partial charge >= 0.3 is 0 Å². The first-order valence-corrected chi connectivity index (χ1v) is 6.05. The first kappa shape index (κ1) is 14.8. The number of hydrogen-bond donors (Lipinski definition) is 0. The molecule has 3 unspecified atom stereocenters. The summed E-state index contributed by atoms with van der Waals surface area (Å²) < 4.78 is 38.1. The third kappa shape index (κ3) is 6.82. The molecule has 0 radical (unpaired) electrons. The van der Waals surface area contributed by atoms with E-state index >= 15 is 0 Å². The molecule has 0 N–H and O–H groups in total. The first-order valence-electron chi connectivity index (χ1n) is 5.06. The molecule has 0 aliphatic rings. The fourth-order valence-electron chi connectivity index (χ4n) is 1.01. The highest BCUT2D eigenvalue weighted by Crippen LogP contribution is 2.18. The van der Waals surface area contributed by atoms with Gasteiger partial charge in [0.2, 0.25) is 0 Å². The van der Waals surface area contributed by atoms with Gasteiger partial charge in [0, 0.05) is 12.2 Å². The third-order valence-corrected chi connectivity index (χ3v) is 3.06. The first-order chi connectivity index (χ1) is 6.99. The van der Waals surface area contributed by atoms with Crippen molar-refractivity contribution in [3.05, 3.63) is 0 Å². The van der Waals surface area contributed by atoms with Crippen LogP contribution in [0.4, 0.5) is 13.2 Å². The number of halogens is 3. The molecule has 0 saturated heterocycles. The van der Waals surface area contributed by atoms with Crippen molar-refractivity contribution in [1.29, 1.82) is 0 Å². The van der Waals surface area contributed by atoms with Crippen LogP contribution in [-0.2, 0) is 4.79 Å². The Bertz CT molecular complexity index is 188. The monoisotopic (exact) mass is 242 g/mol. The van der Waals surface area contributed by atoms with Gasteiger partial charge in [-0.1, -0.05) is 18.7 Å². The van der Waals surface area contributed by atoms with Crippen molar-refractivity contribution in [1.82, 2.24) is 0 Å². The van der Waals surface area contributed by atoms with E-state index in [0.717, 1.165) is 18.7 Å². The van der Waals surface area contributed by atoms with Crippen LogP contribution >= 0.6 is 11.8 Å². The fraction of sp³-hybridized carbons (Fsp3) is 0.900. The summed E-state index contributed by atoms with van der Waals surface area (Å²) in [5.74, 6) is 0.473. The third-order valence-electron chi connectivity index (χ3n) is 1.96. The lowest BCUT2D eigenvalue weighted by molar-refractivity contribution is -0.110. The standard InChI is InChI=1S/C10H17F3OS/c1-3-9(14)15-6-4-5-8(12)10(13)7(2)11/h7-8,10H,3-6H2,1-2H3. The highest BCUT2D eigenvalue weighted by atomic mass is 32.2. The second kappa shape index (κ2) is 8.02. The molecule has 0 bridgehead atoms. The summed E-state index contributed by atoms with van der Waals surface area (Å²) in [7, 11) is 0. The smallest absolute Gasteiger partial charge is 0.188 e. The highest BCUT2D eigenvalue weighted by molar-refractivity contribution is 8.13. The van der Waals surface area contributed by atoms with Crippen molar-refractivity contribution in [2.24, 2.45) is 0 Å². The van der Waals surface area contributed by atoms with Gasteiger partial charge in [0.25, 0.3) is 0 Å². The Morgan fingerprint density at radius 1 is 1.33 bits per heavy atom. The van der Waals surface area contributed by atoms with Crippen LogP contribution in [0.1, 0.15) is 33.1 Å². The molecule has 3 atom stereocenters. The summed E-state index contributed by atoms with van der Waals surface area (Å²) >= 11 is 1.12. The molecule has 0 saturated carbocycles. The highest BCUT2D eigenvalue weighted by Gasteiger charge is 2.25. The minimum atomic E-state index is -2.04. The Kier molecular flexibility index (Phi) is 7.92. The molecule has 0 aliphatic heterocycles. The number of hydrogen-bond acceptors (Lipinski definition) is 2. The Hall–Kier alpha value is -0.190. The molecule has 0 spiro atoms. The van der Waals surface area contributed by atoms with Crippen molar-refractivity contribution >= 4 is 16.9 Å². The van der Waals surface area contributed by atoms with Crippen LogP contribution < -0.4 is 0 Å². The maximum Gasteiger partial charge on any atom is 0.188 e. The molecular weight excluding hydrogens is 225 g/mol. The maximum atomic E-state index is 12.9. The molecule has 0 amide bonds. The van der Waals surface area contributed by atoms with Crippen LogP contribution in [0.3, 0.4) is 0 Å². The van der Waals surface area contributed by atoms with Gasteiger partial charge in [-0.3, -0.25) is 4.79 Å². The summed E-state index contributed by atoms with van der Waals surface area (Å²) in [4.78, 5) is 10.8. The number of carbonyl (C=O) groups is 1. The molecule has 0 aromatic carbocycles. The predicted molar refractivity (Wildman–Crippen MR) is 57.4 cm³/mol. The number of thioether (sulfide) groups is 1. The zero-order chi connectivity index (χ0) is 11.8. The van der Waals surface area contributed by atoms with E-state index in [-0.39, 0.29) is 11.5 Å². The van der Waals surface area contributed by atoms with Crippen molar-refractivity contribution in [2.75, 3.05) is 5.75 Å². The average molecular weight is 242 g/mol. The maximum absolute atomic E-state index is 12.9. The molecule has 0 aromatic heterocycles. The Balaban J connectivity index is 3.55. The SMILES string of the molecule is CCC(=O)SCCCC(F)C(F)C(C)F. The Labute approximate surface area is 92.8 Å². The molecule has 90 valence electrons. The fourth-order valence-corrected chi connectivity index (χ4v) is 1.76. The van der Waals surface area contributed by atoms with E-state index in [1.807, 2.05) is 0 Å². The molecular formula is C10H17F3OS. The molecule has 5 heteroatoms.